The Hall–Kier alpha value is -0.0500. The van der Waals surface area contributed by atoms with Crippen molar-refractivity contribution < 1.29 is 50.0 Å². The SMILES string of the molecule is OCC1OC(CO)[C@@H](O[C@@H]2OC(CS)[C@@H](O)C(O)[C@@H]2O)C(O)C1O. The van der Waals surface area contributed by atoms with Crippen molar-refractivity contribution in [3.63, 3.8) is 0 Å². The molecule has 2 aliphatic rings. The second-order valence-corrected chi connectivity index (χ2v) is 6.22. The number of rotatable bonds is 5. The molecule has 0 aromatic heterocycles. The summed E-state index contributed by atoms with van der Waals surface area (Å²) in [6, 6.07) is 0. The van der Waals surface area contributed by atoms with Crippen LogP contribution in [0.3, 0.4) is 0 Å². The van der Waals surface area contributed by atoms with E-state index in [2.05, 4.69) is 12.6 Å². The largest absolute Gasteiger partial charge is 0.394 e. The fraction of sp³-hybridized carbons (Fsp3) is 1.00. The van der Waals surface area contributed by atoms with Crippen LogP contribution in [0, 0.1) is 0 Å². The number of ether oxygens (including phenoxy) is 3. The lowest BCUT2D eigenvalue weighted by Crippen LogP contribution is -2.64. The molecule has 6 unspecified atom stereocenters. The van der Waals surface area contributed by atoms with Crippen molar-refractivity contribution in [2.45, 2.75) is 61.2 Å². The van der Waals surface area contributed by atoms with E-state index in [-0.39, 0.29) is 5.75 Å². The minimum absolute atomic E-state index is 0.0349. The molecular formula is C13H24O10S. The van der Waals surface area contributed by atoms with Gasteiger partial charge in [-0.1, -0.05) is 0 Å². The predicted octanol–water partition coefficient (Wildman–Crippen LogP) is -4.42. The molecule has 2 heterocycles. The molecule has 142 valence electrons. The maximum Gasteiger partial charge on any atom is 0.187 e. The highest BCUT2D eigenvalue weighted by Crippen LogP contribution is 2.29. The number of hydrogen-bond acceptors (Lipinski definition) is 11. The van der Waals surface area contributed by atoms with Crippen molar-refractivity contribution in [2.75, 3.05) is 19.0 Å². The average Bonchev–Trinajstić information content (AvgIpc) is 2.59. The molecule has 2 aliphatic heterocycles. The number of aliphatic hydroxyl groups excluding tert-OH is 7. The highest BCUT2D eigenvalue weighted by atomic mass is 32.1. The summed E-state index contributed by atoms with van der Waals surface area (Å²) in [7, 11) is 0. The van der Waals surface area contributed by atoms with E-state index in [1.807, 2.05) is 0 Å². The smallest absolute Gasteiger partial charge is 0.187 e. The van der Waals surface area contributed by atoms with Gasteiger partial charge in [0.15, 0.2) is 6.29 Å². The third-order valence-corrected chi connectivity index (χ3v) is 4.64. The van der Waals surface area contributed by atoms with Gasteiger partial charge >= 0.3 is 0 Å². The van der Waals surface area contributed by atoms with Crippen molar-refractivity contribution in [3.05, 3.63) is 0 Å². The predicted molar refractivity (Wildman–Crippen MR) is 80.3 cm³/mol. The molecule has 0 spiro atoms. The molecule has 0 aromatic carbocycles. The average molecular weight is 372 g/mol. The van der Waals surface area contributed by atoms with Crippen molar-refractivity contribution >= 4 is 12.6 Å². The van der Waals surface area contributed by atoms with Gasteiger partial charge in [0.2, 0.25) is 0 Å². The van der Waals surface area contributed by atoms with Gasteiger partial charge in [-0.2, -0.15) is 12.6 Å². The standard InChI is InChI=1S/C13H24O10S/c14-1-4-7(16)10(19)12(5(2-15)21-4)23-13-11(20)9(18)8(17)6(3-24)22-13/h4-20,24H,1-3H2/t4?,5?,6?,7?,8-,9?,10?,11+,12-,13+/m1/s1. The number of hydrogen-bond donors (Lipinski definition) is 8. The highest BCUT2D eigenvalue weighted by Gasteiger charge is 2.50. The summed E-state index contributed by atoms with van der Waals surface area (Å²) in [5.41, 5.74) is 0. The topological polar surface area (TPSA) is 169 Å². The summed E-state index contributed by atoms with van der Waals surface area (Å²) in [5.74, 6) is 0.0349. The van der Waals surface area contributed by atoms with Gasteiger partial charge in [-0.3, -0.25) is 0 Å². The van der Waals surface area contributed by atoms with E-state index >= 15 is 0 Å². The third kappa shape index (κ3) is 3.86. The molecule has 0 aromatic rings. The molecule has 10 nitrogen and oxygen atoms in total. The van der Waals surface area contributed by atoms with Gasteiger partial charge < -0.3 is 50.0 Å². The van der Waals surface area contributed by atoms with E-state index in [9.17, 15) is 30.6 Å². The molecular weight excluding hydrogens is 348 g/mol. The van der Waals surface area contributed by atoms with Crippen molar-refractivity contribution in [3.8, 4) is 0 Å². The van der Waals surface area contributed by atoms with Crippen molar-refractivity contribution in [1.29, 1.82) is 0 Å². The molecule has 2 fully saturated rings. The van der Waals surface area contributed by atoms with E-state index in [1.165, 1.54) is 0 Å². The first-order valence-electron chi connectivity index (χ1n) is 7.55. The summed E-state index contributed by atoms with van der Waals surface area (Å²) < 4.78 is 16.0. The monoisotopic (exact) mass is 372 g/mol. The Bertz CT molecular complexity index is 397. The van der Waals surface area contributed by atoms with Gasteiger partial charge in [-0.05, 0) is 0 Å². The maximum atomic E-state index is 10.2. The Morgan fingerprint density at radius 2 is 1.29 bits per heavy atom. The molecule has 11 heteroatoms. The van der Waals surface area contributed by atoms with Gasteiger partial charge in [0.25, 0.3) is 0 Å². The molecule has 0 amide bonds. The van der Waals surface area contributed by atoms with Gasteiger partial charge in [0.05, 0.1) is 19.3 Å². The summed E-state index contributed by atoms with van der Waals surface area (Å²) in [6.45, 7) is -1.16. The molecule has 2 saturated heterocycles. The molecule has 7 N–H and O–H groups in total. The van der Waals surface area contributed by atoms with Crippen LogP contribution in [-0.4, -0.2) is 116 Å². The Balaban J connectivity index is 2.12. The second kappa shape index (κ2) is 8.56. The lowest BCUT2D eigenvalue weighted by Gasteiger charge is -2.46. The molecule has 0 radical (unpaired) electrons. The minimum atomic E-state index is -1.63. The van der Waals surface area contributed by atoms with E-state index in [0.29, 0.717) is 0 Å². The van der Waals surface area contributed by atoms with E-state index in [1.54, 1.807) is 0 Å². The lowest BCUT2D eigenvalue weighted by atomic mass is 9.94. The molecule has 24 heavy (non-hydrogen) atoms. The first-order valence-corrected chi connectivity index (χ1v) is 8.18. The zero-order valence-corrected chi connectivity index (χ0v) is 13.6. The quantitative estimate of drug-likeness (QED) is 0.220. The fourth-order valence-corrected chi connectivity index (χ4v) is 3.12. The molecule has 10 atom stereocenters. The first kappa shape index (κ1) is 20.3. The number of aliphatic hydroxyl groups is 7. The van der Waals surface area contributed by atoms with Crippen LogP contribution in [0.4, 0.5) is 0 Å². The Morgan fingerprint density at radius 3 is 1.83 bits per heavy atom. The normalized spacial score (nSPS) is 50.0. The van der Waals surface area contributed by atoms with Crippen LogP contribution in [0.15, 0.2) is 0 Å². The third-order valence-electron chi connectivity index (χ3n) is 4.28. The molecule has 2 rings (SSSR count). The van der Waals surface area contributed by atoms with Gasteiger partial charge in [0, 0.05) is 5.75 Å². The van der Waals surface area contributed by atoms with Crippen molar-refractivity contribution in [2.24, 2.45) is 0 Å². The number of thiol groups is 1. The van der Waals surface area contributed by atoms with Crippen LogP contribution in [0.2, 0.25) is 0 Å². The van der Waals surface area contributed by atoms with Crippen molar-refractivity contribution in [1.82, 2.24) is 0 Å². The zero-order valence-electron chi connectivity index (χ0n) is 12.7. The van der Waals surface area contributed by atoms with E-state index < -0.39 is 74.4 Å². The summed E-state index contributed by atoms with van der Waals surface area (Å²) in [6.07, 6.45) is -13.5. The Kier molecular flexibility index (Phi) is 7.22. The molecule has 0 bridgehead atoms. The summed E-state index contributed by atoms with van der Waals surface area (Å²) in [4.78, 5) is 0. The second-order valence-electron chi connectivity index (χ2n) is 5.86. The maximum absolute atomic E-state index is 10.2. The molecule has 0 aliphatic carbocycles. The van der Waals surface area contributed by atoms with Gasteiger partial charge in [0.1, 0.15) is 48.8 Å². The first-order chi connectivity index (χ1) is 11.3. The minimum Gasteiger partial charge on any atom is -0.394 e. The van der Waals surface area contributed by atoms with Gasteiger partial charge in [-0.15, -0.1) is 0 Å². The van der Waals surface area contributed by atoms with Crippen LogP contribution < -0.4 is 0 Å². The fourth-order valence-electron chi connectivity index (χ4n) is 2.82. The summed E-state index contributed by atoms with van der Waals surface area (Å²) >= 11 is 3.98. The Labute approximate surface area is 143 Å². The lowest BCUT2D eigenvalue weighted by molar-refractivity contribution is -0.338. The van der Waals surface area contributed by atoms with Crippen LogP contribution in [0.1, 0.15) is 0 Å². The highest BCUT2D eigenvalue weighted by molar-refractivity contribution is 7.80. The van der Waals surface area contributed by atoms with Gasteiger partial charge in [-0.25, -0.2) is 0 Å². The van der Waals surface area contributed by atoms with E-state index in [0.717, 1.165) is 0 Å². The van der Waals surface area contributed by atoms with Crippen LogP contribution in [-0.2, 0) is 14.2 Å². The van der Waals surface area contributed by atoms with Crippen LogP contribution in [0.25, 0.3) is 0 Å². The molecule has 0 saturated carbocycles. The zero-order chi connectivity index (χ0) is 18.0. The summed E-state index contributed by atoms with van der Waals surface area (Å²) in [5, 5.41) is 68.2. The van der Waals surface area contributed by atoms with E-state index in [4.69, 9.17) is 19.3 Å². The van der Waals surface area contributed by atoms with Crippen LogP contribution in [0.5, 0.6) is 0 Å². The van der Waals surface area contributed by atoms with Crippen LogP contribution >= 0.6 is 12.6 Å². The Morgan fingerprint density at radius 1 is 0.708 bits per heavy atom.